The van der Waals surface area contributed by atoms with E-state index in [9.17, 15) is 19.5 Å². The first kappa shape index (κ1) is 60.8. The predicted octanol–water partition coefficient (Wildman–Crippen LogP) is 13.2. The van der Waals surface area contributed by atoms with Gasteiger partial charge in [0.15, 0.2) is 0 Å². The molecule has 0 radical (unpaired) electrons. The Kier molecular flexibility index (Phi) is 42.7. The molecule has 0 bridgehead atoms. The predicted molar refractivity (Wildman–Crippen MR) is 271 cm³/mol. The van der Waals surface area contributed by atoms with Crippen molar-refractivity contribution in [2.45, 2.75) is 271 Å². The number of hydrogen-bond acceptors (Lipinski definition) is 10. The van der Waals surface area contributed by atoms with Crippen molar-refractivity contribution in [2.75, 3.05) is 52.5 Å². The van der Waals surface area contributed by atoms with E-state index in [0.29, 0.717) is 38.2 Å². The van der Waals surface area contributed by atoms with E-state index in [1.54, 1.807) is 0 Å². The molecule has 10 nitrogen and oxygen atoms in total. The Bertz CT molecular complexity index is 1130. The van der Waals surface area contributed by atoms with Crippen LogP contribution in [-0.2, 0) is 28.6 Å². The lowest BCUT2D eigenvalue weighted by Gasteiger charge is -2.24. The van der Waals surface area contributed by atoms with Crippen LogP contribution in [-0.4, -0.2) is 92.5 Å². The molecule has 1 aliphatic heterocycles. The van der Waals surface area contributed by atoms with Crippen LogP contribution in [0.4, 0.5) is 0 Å². The number of ketones is 1. The summed E-state index contributed by atoms with van der Waals surface area (Å²) >= 11 is 0. The van der Waals surface area contributed by atoms with Gasteiger partial charge in [-0.25, -0.2) is 0 Å². The number of carbonyl (C=O) groups excluding carboxylic acids is 3. The standard InChI is InChI=1S/C55H105N3O7/c1-5-9-12-15-20-27-36-49(35-8-4)64-53(61)39-30-23-18-25-32-43-58(45-34-41-57-55-51(56-42-46-59)47-63-48-52(55)60)44-33-26-19-24-31-40-54(62)65-50(37-28-21-16-13-10-6-2)38-29-22-17-14-11-7-3/h49-50,56-57,59H,5-48H2,1-4H3. The number of esters is 2. The van der Waals surface area contributed by atoms with Crippen LogP contribution in [0.15, 0.2) is 11.4 Å². The van der Waals surface area contributed by atoms with Crippen LogP contribution >= 0.6 is 0 Å². The van der Waals surface area contributed by atoms with E-state index in [0.717, 1.165) is 134 Å². The molecule has 0 saturated heterocycles. The second-order valence-electron chi connectivity index (χ2n) is 19.3. The number of Topliss-reactive ketones (excluding diaryl/α,β-unsaturated/α-hetero) is 1. The summed E-state index contributed by atoms with van der Waals surface area (Å²) in [6, 6.07) is 0. The number of ether oxygens (including phenoxy) is 3. The molecular formula is C55H105N3O7. The number of nitrogens with zero attached hydrogens (tertiary/aromatic N) is 1. The molecule has 382 valence electrons. The van der Waals surface area contributed by atoms with Gasteiger partial charge in [0.25, 0.3) is 0 Å². The number of rotatable bonds is 49. The summed E-state index contributed by atoms with van der Waals surface area (Å²) in [7, 11) is 0. The van der Waals surface area contributed by atoms with E-state index >= 15 is 0 Å². The molecule has 0 aromatic rings. The summed E-state index contributed by atoms with van der Waals surface area (Å²) in [6.07, 6.45) is 40.8. The third kappa shape index (κ3) is 36.5. The van der Waals surface area contributed by atoms with Crippen LogP contribution in [0.3, 0.4) is 0 Å². The summed E-state index contributed by atoms with van der Waals surface area (Å²) < 4.78 is 17.4. The number of aliphatic hydroxyl groups is 1. The van der Waals surface area contributed by atoms with Crippen molar-refractivity contribution in [3.8, 4) is 0 Å². The zero-order chi connectivity index (χ0) is 47.3. The molecule has 1 heterocycles. The maximum atomic E-state index is 12.9. The molecule has 65 heavy (non-hydrogen) atoms. The fourth-order valence-electron chi connectivity index (χ4n) is 9.02. The van der Waals surface area contributed by atoms with Gasteiger partial charge in [0.1, 0.15) is 24.5 Å². The Morgan fingerprint density at radius 1 is 0.508 bits per heavy atom. The highest BCUT2D eigenvalue weighted by Gasteiger charge is 2.21. The summed E-state index contributed by atoms with van der Waals surface area (Å²) in [4.78, 5) is 40.8. The van der Waals surface area contributed by atoms with Gasteiger partial charge >= 0.3 is 11.9 Å². The van der Waals surface area contributed by atoms with Crippen molar-refractivity contribution in [1.82, 2.24) is 15.5 Å². The van der Waals surface area contributed by atoms with E-state index in [2.05, 4.69) is 43.2 Å². The molecule has 0 fully saturated rings. The maximum Gasteiger partial charge on any atom is 0.306 e. The number of aliphatic hydroxyl groups excluding tert-OH is 1. The Balaban J connectivity index is 2.51. The van der Waals surface area contributed by atoms with Crippen molar-refractivity contribution in [2.24, 2.45) is 0 Å². The summed E-state index contributed by atoms with van der Waals surface area (Å²) in [5.74, 6) is -0.0688. The van der Waals surface area contributed by atoms with Crippen LogP contribution in [0.25, 0.3) is 0 Å². The van der Waals surface area contributed by atoms with Gasteiger partial charge in [-0.15, -0.1) is 0 Å². The molecule has 1 atom stereocenters. The number of unbranched alkanes of at least 4 members (excludes halogenated alkanes) is 23. The molecule has 1 rings (SSSR count). The zero-order valence-corrected chi connectivity index (χ0v) is 43.1. The van der Waals surface area contributed by atoms with Gasteiger partial charge in [0.2, 0.25) is 5.78 Å². The van der Waals surface area contributed by atoms with E-state index in [-0.39, 0.29) is 43.1 Å². The van der Waals surface area contributed by atoms with Gasteiger partial charge in [-0.1, -0.05) is 169 Å². The minimum absolute atomic E-state index is 0.000568. The number of carbonyl (C=O) groups is 3. The van der Waals surface area contributed by atoms with E-state index in [4.69, 9.17) is 14.2 Å². The van der Waals surface area contributed by atoms with Crippen LogP contribution < -0.4 is 10.6 Å². The van der Waals surface area contributed by atoms with Crippen LogP contribution in [0.1, 0.15) is 259 Å². The molecule has 0 spiro atoms. The second kappa shape index (κ2) is 45.6. The van der Waals surface area contributed by atoms with Crippen LogP contribution in [0, 0.1) is 0 Å². The van der Waals surface area contributed by atoms with Crippen molar-refractivity contribution in [1.29, 1.82) is 0 Å². The first-order valence-electron chi connectivity index (χ1n) is 27.9. The van der Waals surface area contributed by atoms with E-state index < -0.39 is 0 Å². The highest BCUT2D eigenvalue weighted by atomic mass is 16.5. The van der Waals surface area contributed by atoms with Gasteiger partial charge in [0.05, 0.1) is 18.9 Å². The monoisotopic (exact) mass is 920 g/mol. The summed E-state index contributed by atoms with van der Waals surface area (Å²) in [5, 5.41) is 15.8. The molecular weight excluding hydrogens is 815 g/mol. The zero-order valence-electron chi connectivity index (χ0n) is 43.1. The smallest absolute Gasteiger partial charge is 0.306 e. The van der Waals surface area contributed by atoms with Crippen molar-refractivity contribution in [3.05, 3.63) is 11.4 Å². The highest BCUT2D eigenvalue weighted by Crippen LogP contribution is 2.20. The first-order valence-corrected chi connectivity index (χ1v) is 27.9. The fourth-order valence-corrected chi connectivity index (χ4v) is 9.02. The van der Waals surface area contributed by atoms with Gasteiger partial charge in [-0.2, -0.15) is 0 Å². The SMILES string of the molecule is CCCCCCCCC(CCC)OC(=O)CCCCCCCN(CCCCCCCC(=O)OC(CCCCCCCC)CCCCCCCC)CCCNC1=C(NCCO)COCC1=O. The average Bonchev–Trinajstić information content (AvgIpc) is 3.29. The molecule has 3 N–H and O–H groups in total. The number of hydrogen-bond donors (Lipinski definition) is 3. The maximum absolute atomic E-state index is 12.9. The van der Waals surface area contributed by atoms with Crippen molar-refractivity contribution >= 4 is 17.7 Å². The molecule has 0 aromatic carbocycles. The minimum Gasteiger partial charge on any atom is -0.462 e. The van der Waals surface area contributed by atoms with Crippen LogP contribution in [0.2, 0.25) is 0 Å². The second-order valence-corrected chi connectivity index (χ2v) is 19.3. The largest absolute Gasteiger partial charge is 0.462 e. The third-order valence-electron chi connectivity index (χ3n) is 13.0. The van der Waals surface area contributed by atoms with Gasteiger partial charge < -0.3 is 34.9 Å². The van der Waals surface area contributed by atoms with Gasteiger partial charge in [-0.3, -0.25) is 14.4 Å². The Labute approximate surface area is 400 Å². The lowest BCUT2D eigenvalue weighted by atomic mass is 10.0. The first-order chi connectivity index (χ1) is 31.9. The van der Waals surface area contributed by atoms with Crippen molar-refractivity contribution < 1.29 is 33.7 Å². The molecule has 1 aliphatic rings. The Morgan fingerprint density at radius 2 is 0.923 bits per heavy atom. The number of nitrogens with one attached hydrogen (secondary N) is 2. The summed E-state index contributed by atoms with van der Waals surface area (Å²) in [6.45, 7) is 13.5. The van der Waals surface area contributed by atoms with E-state index in [1.807, 2.05) is 0 Å². The molecule has 0 amide bonds. The highest BCUT2D eigenvalue weighted by molar-refractivity contribution is 5.97. The third-order valence-corrected chi connectivity index (χ3v) is 13.0. The van der Waals surface area contributed by atoms with Crippen LogP contribution in [0.5, 0.6) is 0 Å². The van der Waals surface area contributed by atoms with Gasteiger partial charge in [-0.05, 0) is 96.7 Å². The quantitative estimate of drug-likeness (QED) is 0.0401. The molecule has 1 unspecified atom stereocenters. The molecule has 10 heteroatoms. The minimum atomic E-state index is -0.0508. The molecule has 0 aliphatic carbocycles. The fraction of sp³-hybridized carbons (Fsp3) is 0.909. The normalized spacial score (nSPS) is 13.6. The molecule has 0 saturated carbocycles. The average molecular weight is 920 g/mol. The van der Waals surface area contributed by atoms with Gasteiger partial charge in [0, 0.05) is 25.9 Å². The molecule has 0 aromatic heterocycles. The topological polar surface area (TPSA) is 126 Å². The van der Waals surface area contributed by atoms with Crippen molar-refractivity contribution in [3.63, 3.8) is 0 Å². The summed E-state index contributed by atoms with van der Waals surface area (Å²) in [5.41, 5.74) is 1.32. The van der Waals surface area contributed by atoms with E-state index in [1.165, 1.54) is 109 Å². The lowest BCUT2D eigenvalue weighted by Crippen LogP contribution is -2.37. The lowest BCUT2D eigenvalue weighted by molar-refractivity contribution is -0.151. The Hall–Kier alpha value is -2.17. The Morgan fingerprint density at radius 3 is 1.38 bits per heavy atom.